The molecule has 2 atom stereocenters. The molecule has 2 unspecified atom stereocenters. The van der Waals surface area contributed by atoms with Crippen molar-refractivity contribution in [2.24, 2.45) is 11.8 Å². The van der Waals surface area contributed by atoms with Crippen molar-refractivity contribution in [1.82, 2.24) is 0 Å². The van der Waals surface area contributed by atoms with Crippen LogP contribution in [0.1, 0.15) is 55.2 Å². The maximum absolute atomic E-state index is 2.53. The minimum absolute atomic E-state index is 0.517. The van der Waals surface area contributed by atoms with Crippen LogP contribution < -0.4 is 10.4 Å². The molecule has 0 nitrogen and oxygen atoms in total. The highest BCUT2D eigenvalue weighted by Gasteiger charge is 2.30. The first kappa shape index (κ1) is 16.4. The van der Waals surface area contributed by atoms with Gasteiger partial charge in [0.25, 0.3) is 0 Å². The zero-order valence-electron chi connectivity index (χ0n) is 16.5. The molecule has 138 valence electrons. The Morgan fingerprint density at radius 2 is 1.79 bits per heavy atom. The van der Waals surface area contributed by atoms with Crippen molar-refractivity contribution in [3.63, 3.8) is 0 Å². The van der Waals surface area contributed by atoms with Gasteiger partial charge in [-0.2, -0.15) is 0 Å². The van der Waals surface area contributed by atoms with Crippen LogP contribution in [0.3, 0.4) is 0 Å². The predicted molar refractivity (Wildman–Crippen MR) is 119 cm³/mol. The molecular weight excluding hydrogens is 336 g/mol. The van der Waals surface area contributed by atoms with Gasteiger partial charge in [-0.25, -0.2) is 0 Å². The number of hydrogen-bond acceptors (Lipinski definition) is 0. The Morgan fingerprint density at radius 1 is 0.929 bits per heavy atom. The Kier molecular flexibility index (Phi) is 3.63. The first-order chi connectivity index (χ1) is 13.8. The fraction of sp³-hybridized carbons (Fsp3) is 0.286. The second kappa shape index (κ2) is 6.21. The van der Waals surface area contributed by atoms with E-state index in [0.29, 0.717) is 11.8 Å². The number of hydrogen-bond donors (Lipinski definition) is 0. The molecule has 0 saturated heterocycles. The summed E-state index contributed by atoms with van der Waals surface area (Å²) in [6, 6.07) is 15.7. The third-order valence-electron chi connectivity index (χ3n) is 7.05. The molecule has 1 fully saturated rings. The van der Waals surface area contributed by atoms with E-state index in [1.54, 1.807) is 11.1 Å². The van der Waals surface area contributed by atoms with E-state index in [1.165, 1.54) is 45.5 Å². The fourth-order valence-electron chi connectivity index (χ4n) is 5.39. The van der Waals surface area contributed by atoms with Gasteiger partial charge < -0.3 is 0 Å². The van der Waals surface area contributed by atoms with E-state index in [1.807, 2.05) is 0 Å². The molecule has 2 aromatic carbocycles. The van der Waals surface area contributed by atoms with E-state index in [-0.39, 0.29) is 0 Å². The second-order valence-electron chi connectivity index (χ2n) is 8.91. The number of benzene rings is 2. The molecule has 4 aliphatic rings. The van der Waals surface area contributed by atoms with Gasteiger partial charge in [-0.3, -0.25) is 0 Å². The summed E-state index contributed by atoms with van der Waals surface area (Å²) in [4.78, 5) is 0. The summed E-state index contributed by atoms with van der Waals surface area (Å²) in [6.45, 7) is 2.38. The Bertz CT molecular complexity index is 1170. The number of allylic oxidation sites excluding steroid dienone is 5. The van der Waals surface area contributed by atoms with Gasteiger partial charge in [-0.05, 0) is 70.2 Å². The van der Waals surface area contributed by atoms with Crippen LogP contribution in [0.5, 0.6) is 0 Å². The monoisotopic (exact) mass is 362 g/mol. The molecule has 0 heterocycles. The third kappa shape index (κ3) is 2.58. The van der Waals surface area contributed by atoms with Crippen molar-refractivity contribution in [2.75, 3.05) is 0 Å². The summed E-state index contributed by atoms with van der Waals surface area (Å²) in [6.07, 6.45) is 17.4. The minimum Gasteiger partial charge on any atom is -0.0761 e. The summed E-state index contributed by atoms with van der Waals surface area (Å²) in [7, 11) is 0. The number of fused-ring (bicyclic) bond motifs is 4. The Balaban J connectivity index is 1.41. The van der Waals surface area contributed by atoms with Gasteiger partial charge in [-0.1, -0.05) is 90.9 Å². The third-order valence-corrected chi connectivity index (χ3v) is 7.05. The van der Waals surface area contributed by atoms with Crippen LogP contribution in [0.25, 0.3) is 23.8 Å². The van der Waals surface area contributed by atoms with Crippen molar-refractivity contribution < 1.29 is 0 Å². The van der Waals surface area contributed by atoms with Gasteiger partial charge in [0, 0.05) is 5.92 Å². The predicted octanol–water partition coefficient (Wildman–Crippen LogP) is 5.59. The average Bonchev–Trinajstić information content (AvgIpc) is 3.58. The zero-order valence-corrected chi connectivity index (χ0v) is 16.5. The SMILES string of the molecule is CC1C=c2c(ccc3c2=CCC2=C3C=CC(c3ccccc3)C2)C=C1C1CC1. The van der Waals surface area contributed by atoms with Crippen LogP contribution in [0.15, 0.2) is 65.8 Å². The molecular formula is C28H26. The van der Waals surface area contributed by atoms with Crippen LogP contribution in [0.2, 0.25) is 0 Å². The lowest BCUT2D eigenvalue weighted by atomic mass is 9.78. The van der Waals surface area contributed by atoms with Crippen molar-refractivity contribution in [1.29, 1.82) is 0 Å². The lowest BCUT2D eigenvalue weighted by molar-refractivity contribution is 0.800. The Hall–Kier alpha value is -2.60. The van der Waals surface area contributed by atoms with E-state index < -0.39 is 0 Å². The topological polar surface area (TPSA) is 0 Å². The van der Waals surface area contributed by atoms with E-state index in [2.05, 4.69) is 79.8 Å². The summed E-state index contributed by atoms with van der Waals surface area (Å²) in [5, 5.41) is 2.94. The van der Waals surface area contributed by atoms with Gasteiger partial charge in [0.05, 0.1) is 0 Å². The molecule has 0 heteroatoms. The van der Waals surface area contributed by atoms with Crippen molar-refractivity contribution in [2.45, 2.75) is 38.5 Å². The zero-order chi connectivity index (χ0) is 18.7. The summed E-state index contributed by atoms with van der Waals surface area (Å²) >= 11 is 0. The van der Waals surface area contributed by atoms with Gasteiger partial charge in [0.1, 0.15) is 0 Å². The molecule has 0 N–H and O–H groups in total. The molecule has 0 amide bonds. The lowest BCUT2D eigenvalue weighted by Crippen LogP contribution is -2.35. The maximum Gasteiger partial charge on any atom is 0.00589 e. The normalized spacial score (nSPS) is 25.1. The molecule has 0 aromatic heterocycles. The first-order valence-corrected chi connectivity index (χ1v) is 10.8. The highest BCUT2D eigenvalue weighted by Crippen LogP contribution is 2.42. The Morgan fingerprint density at radius 3 is 2.61 bits per heavy atom. The van der Waals surface area contributed by atoms with Crippen LogP contribution in [-0.4, -0.2) is 0 Å². The van der Waals surface area contributed by atoms with E-state index >= 15 is 0 Å². The average molecular weight is 363 g/mol. The van der Waals surface area contributed by atoms with Gasteiger partial charge in [0.15, 0.2) is 0 Å². The van der Waals surface area contributed by atoms with E-state index in [9.17, 15) is 0 Å². The summed E-state index contributed by atoms with van der Waals surface area (Å²) in [5.41, 5.74) is 9.04. The molecule has 4 aliphatic carbocycles. The standard InChI is InChI=1S/C28H26/c1-18-15-28-23(17-27(18)20-7-8-20)11-13-25-24-12-9-21(19-5-3-2-4-6-19)16-22(24)10-14-26(25)28/h2-6,9,11-15,17-18,20-21H,7-8,10,16H2,1H3. The number of rotatable bonds is 2. The molecule has 0 aliphatic heterocycles. The molecule has 2 aromatic rings. The second-order valence-corrected chi connectivity index (χ2v) is 8.91. The van der Waals surface area contributed by atoms with Gasteiger partial charge in [0.2, 0.25) is 0 Å². The molecule has 0 bridgehead atoms. The Labute approximate surface area is 167 Å². The van der Waals surface area contributed by atoms with E-state index in [0.717, 1.165) is 18.8 Å². The van der Waals surface area contributed by atoms with Crippen molar-refractivity contribution in [3.05, 3.63) is 92.9 Å². The lowest BCUT2D eigenvalue weighted by Gasteiger charge is -2.26. The summed E-state index contributed by atoms with van der Waals surface area (Å²) in [5.74, 6) is 1.95. The smallest absolute Gasteiger partial charge is 0.00589 e. The van der Waals surface area contributed by atoms with Gasteiger partial charge >= 0.3 is 0 Å². The van der Waals surface area contributed by atoms with Crippen LogP contribution in [0.4, 0.5) is 0 Å². The molecule has 1 saturated carbocycles. The quantitative estimate of drug-likeness (QED) is 0.653. The van der Waals surface area contributed by atoms with Crippen LogP contribution >= 0.6 is 0 Å². The minimum atomic E-state index is 0.517. The largest absolute Gasteiger partial charge is 0.0761 e. The molecule has 28 heavy (non-hydrogen) atoms. The van der Waals surface area contributed by atoms with Gasteiger partial charge in [-0.15, -0.1) is 0 Å². The highest BCUT2D eigenvalue weighted by molar-refractivity contribution is 5.83. The van der Waals surface area contributed by atoms with Crippen LogP contribution in [0, 0.1) is 11.8 Å². The van der Waals surface area contributed by atoms with Crippen molar-refractivity contribution in [3.8, 4) is 0 Å². The highest BCUT2D eigenvalue weighted by atomic mass is 14.3. The van der Waals surface area contributed by atoms with E-state index in [4.69, 9.17) is 0 Å². The molecule has 0 radical (unpaired) electrons. The summed E-state index contributed by atoms with van der Waals surface area (Å²) < 4.78 is 0. The first-order valence-electron chi connectivity index (χ1n) is 10.8. The molecule has 0 spiro atoms. The van der Waals surface area contributed by atoms with Crippen LogP contribution in [-0.2, 0) is 0 Å². The molecule has 6 rings (SSSR count). The fourth-order valence-corrected chi connectivity index (χ4v) is 5.39. The maximum atomic E-state index is 2.53. The van der Waals surface area contributed by atoms with Crippen molar-refractivity contribution >= 4 is 23.8 Å².